The summed E-state index contributed by atoms with van der Waals surface area (Å²) in [5.74, 6) is 2.69. The number of nitrogens with one attached hydrogen (secondary N) is 2. The third-order valence-electron chi connectivity index (χ3n) is 4.60. The van der Waals surface area contributed by atoms with Gasteiger partial charge in [-0.2, -0.15) is 0 Å². The van der Waals surface area contributed by atoms with Gasteiger partial charge in [0.1, 0.15) is 11.6 Å². The quantitative estimate of drug-likeness (QED) is 0.366. The maximum absolute atomic E-state index is 12.5. The highest BCUT2D eigenvalue weighted by Gasteiger charge is 2.13. The number of aryl methyl sites for hydroxylation is 1. The fraction of sp³-hybridized carbons (Fsp3) is 0.238. The van der Waals surface area contributed by atoms with Gasteiger partial charge in [0.25, 0.3) is 5.56 Å². The Morgan fingerprint density at radius 2 is 1.78 bits per heavy atom. The topological polar surface area (TPSA) is 111 Å². The molecule has 0 spiro atoms. The van der Waals surface area contributed by atoms with Crippen LogP contribution in [0.4, 0.5) is 10.8 Å². The van der Waals surface area contributed by atoms with Crippen LogP contribution in [0.25, 0.3) is 10.9 Å². The van der Waals surface area contributed by atoms with E-state index < -0.39 is 0 Å². The molecule has 32 heavy (non-hydrogen) atoms. The summed E-state index contributed by atoms with van der Waals surface area (Å²) >= 11 is 2.85. The van der Waals surface area contributed by atoms with Crippen molar-refractivity contribution < 1.29 is 14.2 Å². The van der Waals surface area contributed by atoms with Crippen LogP contribution >= 0.6 is 23.1 Å². The Morgan fingerprint density at radius 1 is 1.03 bits per heavy atom. The van der Waals surface area contributed by atoms with Crippen LogP contribution in [-0.4, -0.2) is 41.5 Å². The smallest absolute Gasteiger partial charge is 0.258 e. The molecule has 2 N–H and O–H groups in total. The van der Waals surface area contributed by atoms with Gasteiger partial charge in [0.15, 0.2) is 15.8 Å². The van der Waals surface area contributed by atoms with Crippen LogP contribution in [0.1, 0.15) is 11.4 Å². The maximum Gasteiger partial charge on any atom is 0.258 e. The molecule has 0 saturated carbocycles. The molecule has 0 aliphatic carbocycles. The van der Waals surface area contributed by atoms with E-state index in [2.05, 4.69) is 25.5 Å². The van der Waals surface area contributed by atoms with Gasteiger partial charge >= 0.3 is 0 Å². The van der Waals surface area contributed by atoms with Crippen molar-refractivity contribution in [3.8, 4) is 17.2 Å². The third kappa shape index (κ3) is 4.63. The van der Waals surface area contributed by atoms with Crippen LogP contribution in [-0.2, 0) is 5.75 Å². The fourth-order valence-electron chi connectivity index (χ4n) is 3.07. The molecule has 0 amide bonds. The zero-order chi connectivity index (χ0) is 22.7. The molecular weight excluding hydrogens is 450 g/mol. The van der Waals surface area contributed by atoms with Crippen molar-refractivity contribution in [3.63, 3.8) is 0 Å². The van der Waals surface area contributed by atoms with E-state index in [0.717, 1.165) is 21.3 Å². The minimum Gasteiger partial charge on any atom is -0.495 e. The summed E-state index contributed by atoms with van der Waals surface area (Å²) in [7, 11) is 4.69. The van der Waals surface area contributed by atoms with E-state index in [4.69, 9.17) is 14.2 Å². The van der Waals surface area contributed by atoms with Gasteiger partial charge in [-0.05, 0) is 30.7 Å². The van der Waals surface area contributed by atoms with Crippen molar-refractivity contribution in [2.45, 2.75) is 17.0 Å². The summed E-state index contributed by atoms with van der Waals surface area (Å²) in [5, 5.41) is 12.7. The van der Waals surface area contributed by atoms with Crippen molar-refractivity contribution in [3.05, 3.63) is 52.1 Å². The highest BCUT2D eigenvalue weighted by Crippen LogP contribution is 2.33. The van der Waals surface area contributed by atoms with Crippen LogP contribution in [0, 0.1) is 6.92 Å². The van der Waals surface area contributed by atoms with Crippen LogP contribution in [0.3, 0.4) is 0 Å². The number of benzene rings is 2. The first-order valence-corrected chi connectivity index (χ1v) is 11.3. The Hall–Kier alpha value is -3.31. The van der Waals surface area contributed by atoms with Crippen molar-refractivity contribution >= 4 is 44.8 Å². The highest BCUT2D eigenvalue weighted by atomic mass is 32.2. The normalized spacial score (nSPS) is 10.9. The van der Waals surface area contributed by atoms with Crippen molar-refractivity contribution in [1.29, 1.82) is 0 Å². The summed E-state index contributed by atoms with van der Waals surface area (Å²) in [6.45, 7) is 2.01. The van der Waals surface area contributed by atoms with Gasteiger partial charge < -0.3 is 24.5 Å². The van der Waals surface area contributed by atoms with Crippen molar-refractivity contribution in [2.75, 3.05) is 26.6 Å². The lowest BCUT2D eigenvalue weighted by molar-refractivity contribution is 0.355. The molecule has 0 aliphatic heterocycles. The average molecular weight is 472 g/mol. The first-order valence-electron chi connectivity index (χ1n) is 9.53. The largest absolute Gasteiger partial charge is 0.495 e. The van der Waals surface area contributed by atoms with E-state index in [-0.39, 0.29) is 5.56 Å². The molecule has 0 unspecified atom stereocenters. The van der Waals surface area contributed by atoms with E-state index in [1.54, 1.807) is 26.4 Å². The van der Waals surface area contributed by atoms with Gasteiger partial charge in [-0.1, -0.05) is 29.2 Å². The number of thioether (sulfide) groups is 1. The number of aromatic amines is 1. The molecule has 2 aromatic heterocycles. The number of fused-ring (bicyclic) bond motifs is 1. The molecule has 0 saturated heterocycles. The predicted molar refractivity (Wildman–Crippen MR) is 126 cm³/mol. The number of hydrogen-bond donors (Lipinski definition) is 2. The van der Waals surface area contributed by atoms with E-state index in [0.29, 0.717) is 39.1 Å². The Kier molecular flexibility index (Phi) is 6.47. The van der Waals surface area contributed by atoms with Gasteiger partial charge in [0.2, 0.25) is 5.13 Å². The van der Waals surface area contributed by atoms with Crippen molar-refractivity contribution in [2.24, 2.45) is 0 Å². The standard InChI is InChI=1S/C21H21N5O4S2/c1-11-5-6-15(28-2)14(7-11)23-20-25-26-21(32-20)31-10-18-22-13-9-17(30-4)16(29-3)8-12(13)19(27)24-18/h5-9H,10H2,1-4H3,(H,23,25)(H,22,24,27). The van der Waals surface area contributed by atoms with E-state index >= 15 is 0 Å². The molecule has 9 nitrogen and oxygen atoms in total. The van der Waals surface area contributed by atoms with E-state index in [9.17, 15) is 4.79 Å². The molecule has 166 valence electrons. The second-order valence-electron chi connectivity index (χ2n) is 6.73. The van der Waals surface area contributed by atoms with Gasteiger partial charge in [0.05, 0.1) is 43.7 Å². The summed E-state index contributed by atoms with van der Waals surface area (Å²) in [4.78, 5) is 19.9. The molecule has 0 aliphatic rings. The minimum absolute atomic E-state index is 0.238. The average Bonchev–Trinajstić information content (AvgIpc) is 3.24. The summed E-state index contributed by atoms with van der Waals surface area (Å²) in [6.07, 6.45) is 0. The van der Waals surface area contributed by atoms with Gasteiger partial charge in [-0.3, -0.25) is 4.79 Å². The number of rotatable bonds is 8. The summed E-state index contributed by atoms with van der Waals surface area (Å²) < 4.78 is 16.7. The second kappa shape index (κ2) is 9.45. The number of methoxy groups -OCH3 is 3. The highest BCUT2D eigenvalue weighted by molar-refractivity contribution is 8.00. The fourth-order valence-corrected chi connectivity index (χ4v) is 4.70. The van der Waals surface area contributed by atoms with Gasteiger partial charge in [-0.15, -0.1) is 10.2 Å². The molecule has 4 aromatic rings. The first kappa shape index (κ1) is 21.9. The molecule has 2 heterocycles. The van der Waals surface area contributed by atoms with Crippen molar-refractivity contribution in [1.82, 2.24) is 20.2 Å². The first-order chi connectivity index (χ1) is 15.5. The Balaban J connectivity index is 1.50. The van der Waals surface area contributed by atoms with Crippen LogP contribution in [0.2, 0.25) is 0 Å². The molecule has 11 heteroatoms. The lowest BCUT2D eigenvalue weighted by Crippen LogP contribution is -2.11. The van der Waals surface area contributed by atoms with Crippen LogP contribution in [0.5, 0.6) is 17.2 Å². The van der Waals surface area contributed by atoms with Gasteiger partial charge in [-0.25, -0.2) is 4.98 Å². The number of H-pyrrole nitrogens is 1. The summed E-state index contributed by atoms with van der Waals surface area (Å²) in [5.41, 5.74) is 2.23. The van der Waals surface area contributed by atoms with Crippen LogP contribution in [0.15, 0.2) is 39.5 Å². The molecule has 0 atom stereocenters. The Bertz CT molecular complexity index is 1320. The molecule has 2 aromatic carbocycles. The molecule has 0 bridgehead atoms. The second-order valence-corrected chi connectivity index (χ2v) is 8.93. The number of ether oxygens (including phenoxy) is 3. The summed E-state index contributed by atoms with van der Waals surface area (Å²) in [6, 6.07) is 9.19. The van der Waals surface area contributed by atoms with Crippen LogP contribution < -0.4 is 25.1 Å². The maximum atomic E-state index is 12.5. The lowest BCUT2D eigenvalue weighted by atomic mass is 10.2. The zero-order valence-electron chi connectivity index (χ0n) is 17.9. The number of anilines is 2. The predicted octanol–water partition coefficient (Wildman–Crippen LogP) is 4.14. The van der Waals surface area contributed by atoms with E-state index in [1.165, 1.54) is 30.2 Å². The molecule has 0 fully saturated rings. The monoisotopic (exact) mass is 471 g/mol. The lowest BCUT2D eigenvalue weighted by Gasteiger charge is -2.09. The van der Waals surface area contributed by atoms with Gasteiger partial charge in [0, 0.05) is 6.07 Å². The number of nitrogens with zero attached hydrogens (tertiary/aromatic N) is 3. The Labute approximate surface area is 192 Å². The molecule has 4 rings (SSSR count). The molecule has 0 radical (unpaired) electrons. The Morgan fingerprint density at radius 3 is 2.53 bits per heavy atom. The zero-order valence-corrected chi connectivity index (χ0v) is 19.5. The van der Waals surface area contributed by atoms with E-state index in [1.807, 2.05) is 25.1 Å². The number of hydrogen-bond acceptors (Lipinski definition) is 10. The third-order valence-corrected chi connectivity index (χ3v) is 6.58. The molecular formula is C21H21N5O4S2. The SMILES string of the molecule is COc1ccc(C)cc1Nc1nnc(SCc2nc3cc(OC)c(OC)cc3c(=O)[nH]2)s1. The number of aromatic nitrogens is 4. The minimum atomic E-state index is -0.238.